The summed E-state index contributed by atoms with van der Waals surface area (Å²) in [6.45, 7) is 20.4. The number of carbonyl (C=O) groups is 1. The van der Waals surface area contributed by atoms with Crippen molar-refractivity contribution in [2.45, 2.75) is 20.8 Å². The van der Waals surface area contributed by atoms with Crippen LogP contribution in [0.2, 0.25) is 0 Å². The average molecular weight is 271 g/mol. The molecule has 0 fully saturated rings. The number of allylic oxidation sites excluding steroid dienone is 5. The van der Waals surface area contributed by atoms with E-state index in [1.165, 1.54) is 6.20 Å². The molecule has 0 spiro atoms. The minimum Gasteiger partial charge on any atom is -0.455 e. The second kappa shape index (κ2) is 8.64. The standard InChI is InChI=1S/C17H21NO2/c1-8-16(15(7)20-13(5)11-19)10-17(12(3)4)14(6)18-9-2/h8-11H,1-2,5,7H2,3-4,6H3/b16-10+,18-14?. The highest BCUT2D eigenvalue weighted by Gasteiger charge is 2.07. The molecule has 0 amide bonds. The fourth-order valence-electron chi connectivity index (χ4n) is 1.47. The minimum atomic E-state index is -0.00187. The summed E-state index contributed by atoms with van der Waals surface area (Å²) in [5, 5.41) is 0. The number of carbonyl (C=O) groups excluding carboxylic acids is 1. The molecule has 0 aliphatic heterocycles. The maximum absolute atomic E-state index is 10.5. The van der Waals surface area contributed by atoms with Crippen LogP contribution in [0.25, 0.3) is 0 Å². The molecular weight excluding hydrogens is 250 g/mol. The lowest BCUT2D eigenvalue weighted by molar-refractivity contribution is -0.107. The molecule has 0 saturated carbocycles. The van der Waals surface area contributed by atoms with Gasteiger partial charge in [0.25, 0.3) is 0 Å². The van der Waals surface area contributed by atoms with Gasteiger partial charge in [-0.3, -0.25) is 9.79 Å². The van der Waals surface area contributed by atoms with Crippen molar-refractivity contribution in [1.82, 2.24) is 0 Å². The zero-order valence-electron chi connectivity index (χ0n) is 12.4. The number of aldehydes is 1. The van der Waals surface area contributed by atoms with Gasteiger partial charge in [0.15, 0.2) is 12.0 Å². The molecule has 3 nitrogen and oxygen atoms in total. The number of ether oxygens (including phenoxy) is 1. The lowest BCUT2D eigenvalue weighted by Gasteiger charge is -2.11. The van der Waals surface area contributed by atoms with Gasteiger partial charge >= 0.3 is 0 Å². The van der Waals surface area contributed by atoms with Crippen LogP contribution in [0.15, 0.2) is 77.9 Å². The zero-order valence-corrected chi connectivity index (χ0v) is 12.4. The predicted octanol–water partition coefficient (Wildman–Crippen LogP) is 4.28. The van der Waals surface area contributed by atoms with Crippen molar-refractivity contribution in [2.24, 2.45) is 4.99 Å². The molecule has 0 radical (unpaired) electrons. The summed E-state index contributed by atoms with van der Waals surface area (Å²) in [6, 6.07) is 0. The van der Waals surface area contributed by atoms with Gasteiger partial charge in [-0.1, -0.05) is 38.0 Å². The van der Waals surface area contributed by atoms with E-state index in [-0.39, 0.29) is 5.76 Å². The molecule has 0 aliphatic rings. The topological polar surface area (TPSA) is 38.7 Å². The van der Waals surface area contributed by atoms with Crippen LogP contribution < -0.4 is 0 Å². The van der Waals surface area contributed by atoms with E-state index in [0.717, 1.165) is 16.9 Å². The van der Waals surface area contributed by atoms with Crippen molar-refractivity contribution in [3.8, 4) is 0 Å². The first kappa shape index (κ1) is 17.6. The Morgan fingerprint density at radius 3 is 2.15 bits per heavy atom. The molecule has 3 heteroatoms. The third-order valence-electron chi connectivity index (χ3n) is 2.44. The van der Waals surface area contributed by atoms with Crippen molar-refractivity contribution >= 4 is 12.0 Å². The van der Waals surface area contributed by atoms with Crippen molar-refractivity contribution < 1.29 is 9.53 Å². The third-order valence-corrected chi connectivity index (χ3v) is 2.44. The van der Waals surface area contributed by atoms with Crippen LogP contribution in [0.4, 0.5) is 0 Å². The van der Waals surface area contributed by atoms with Gasteiger partial charge < -0.3 is 4.74 Å². The monoisotopic (exact) mass is 271 g/mol. The van der Waals surface area contributed by atoms with E-state index >= 15 is 0 Å². The van der Waals surface area contributed by atoms with Crippen LogP contribution >= 0.6 is 0 Å². The van der Waals surface area contributed by atoms with Crippen molar-refractivity contribution in [3.05, 3.63) is 72.9 Å². The smallest absolute Gasteiger partial charge is 0.184 e. The van der Waals surface area contributed by atoms with Gasteiger partial charge in [0, 0.05) is 17.5 Å². The molecule has 0 saturated heterocycles. The zero-order chi connectivity index (χ0) is 15.7. The summed E-state index contributed by atoms with van der Waals surface area (Å²) >= 11 is 0. The van der Waals surface area contributed by atoms with Crippen LogP contribution in [-0.2, 0) is 9.53 Å². The Hall–Kier alpha value is -2.42. The van der Waals surface area contributed by atoms with Gasteiger partial charge in [0.05, 0.1) is 0 Å². The first-order chi connectivity index (χ1) is 9.37. The first-order valence-corrected chi connectivity index (χ1v) is 6.05. The molecule has 106 valence electrons. The molecule has 0 aromatic rings. The molecule has 0 aliphatic carbocycles. The highest BCUT2D eigenvalue weighted by atomic mass is 16.5. The molecular formula is C17H21NO2. The highest BCUT2D eigenvalue weighted by molar-refractivity contribution is 6.02. The summed E-state index contributed by atoms with van der Waals surface area (Å²) < 4.78 is 5.19. The van der Waals surface area contributed by atoms with Crippen molar-refractivity contribution in [2.75, 3.05) is 0 Å². The summed E-state index contributed by atoms with van der Waals surface area (Å²) in [5.74, 6) is 0.306. The summed E-state index contributed by atoms with van der Waals surface area (Å²) in [7, 11) is 0. The number of aliphatic imine (C=N–C) groups is 1. The maximum atomic E-state index is 10.5. The van der Waals surface area contributed by atoms with E-state index < -0.39 is 0 Å². The lowest BCUT2D eigenvalue weighted by Crippen LogP contribution is -2.00. The SMILES string of the molecule is C=CN=C(C)C(/C=C(\C=C)C(=C)OC(=C)C=O)=C(C)C. The van der Waals surface area contributed by atoms with Gasteiger partial charge in [-0.2, -0.15) is 0 Å². The summed E-state index contributed by atoms with van der Waals surface area (Å²) in [4.78, 5) is 14.7. The Bertz CT molecular complexity index is 527. The van der Waals surface area contributed by atoms with Crippen LogP contribution in [-0.4, -0.2) is 12.0 Å². The van der Waals surface area contributed by atoms with Crippen molar-refractivity contribution in [1.29, 1.82) is 0 Å². The normalized spacial score (nSPS) is 11.3. The Morgan fingerprint density at radius 2 is 1.75 bits per heavy atom. The van der Waals surface area contributed by atoms with Gasteiger partial charge in [-0.05, 0) is 32.4 Å². The molecule has 0 bridgehead atoms. The van der Waals surface area contributed by atoms with Crippen molar-refractivity contribution in [3.63, 3.8) is 0 Å². The Morgan fingerprint density at radius 1 is 1.15 bits per heavy atom. The average Bonchev–Trinajstić information content (AvgIpc) is 2.39. The van der Waals surface area contributed by atoms with E-state index in [2.05, 4.69) is 31.3 Å². The van der Waals surface area contributed by atoms with Gasteiger partial charge in [-0.25, -0.2) is 0 Å². The summed E-state index contributed by atoms with van der Waals surface area (Å²) in [5.41, 5.74) is 3.49. The number of nitrogens with zero attached hydrogens (tertiary/aromatic N) is 1. The number of hydrogen-bond donors (Lipinski definition) is 0. The van der Waals surface area contributed by atoms with E-state index in [9.17, 15) is 4.79 Å². The quantitative estimate of drug-likeness (QED) is 0.217. The van der Waals surface area contributed by atoms with Gasteiger partial charge in [-0.15, -0.1) is 0 Å². The largest absolute Gasteiger partial charge is 0.455 e. The van der Waals surface area contributed by atoms with Crippen LogP contribution in [0, 0.1) is 0 Å². The molecule has 0 rings (SSSR count). The first-order valence-electron chi connectivity index (χ1n) is 6.05. The number of rotatable bonds is 8. The summed E-state index contributed by atoms with van der Waals surface area (Å²) in [6.07, 6.45) is 5.47. The molecule has 0 atom stereocenters. The Balaban J connectivity index is 5.56. The molecule has 0 N–H and O–H groups in total. The van der Waals surface area contributed by atoms with Gasteiger partial charge in [0.1, 0.15) is 5.76 Å². The van der Waals surface area contributed by atoms with Crippen LogP contribution in [0.3, 0.4) is 0 Å². The number of hydrogen-bond acceptors (Lipinski definition) is 3. The second-order valence-electron chi connectivity index (χ2n) is 4.22. The second-order valence-corrected chi connectivity index (χ2v) is 4.22. The lowest BCUT2D eigenvalue weighted by atomic mass is 10.0. The minimum absolute atomic E-state index is 0.00187. The fourth-order valence-corrected chi connectivity index (χ4v) is 1.47. The molecule has 0 aromatic carbocycles. The Kier molecular flexibility index (Phi) is 7.60. The predicted molar refractivity (Wildman–Crippen MR) is 85.4 cm³/mol. The maximum Gasteiger partial charge on any atom is 0.184 e. The molecule has 0 aromatic heterocycles. The molecule has 0 unspecified atom stereocenters. The fraction of sp³-hybridized carbons (Fsp3) is 0.176. The Labute approximate surface area is 121 Å². The van der Waals surface area contributed by atoms with Gasteiger partial charge in [0.2, 0.25) is 0 Å². The molecule has 0 heterocycles. The van der Waals surface area contributed by atoms with E-state index in [4.69, 9.17) is 4.74 Å². The van der Waals surface area contributed by atoms with E-state index in [1.54, 1.807) is 6.08 Å². The van der Waals surface area contributed by atoms with E-state index in [1.807, 2.05) is 26.8 Å². The third kappa shape index (κ3) is 5.48. The van der Waals surface area contributed by atoms with Crippen LogP contribution in [0.5, 0.6) is 0 Å². The van der Waals surface area contributed by atoms with E-state index in [0.29, 0.717) is 17.6 Å². The van der Waals surface area contributed by atoms with Crippen LogP contribution in [0.1, 0.15) is 20.8 Å². The molecule has 20 heavy (non-hydrogen) atoms. The highest BCUT2D eigenvalue weighted by Crippen LogP contribution is 2.18.